The van der Waals surface area contributed by atoms with Crippen LogP contribution in [0.15, 0.2) is 18.7 Å². The van der Waals surface area contributed by atoms with Gasteiger partial charge in [-0.3, -0.25) is 0 Å². The Hall–Kier alpha value is -0.870. The van der Waals surface area contributed by atoms with Crippen LogP contribution in [0.2, 0.25) is 0 Å². The van der Waals surface area contributed by atoms with Gasteiger partial charge in [0, 0.05) is 32.1 Å². The van der Waals surface area contributed by atoms with Gasteiger partial charge in [-0.2, -0.15) is 0 Å². The van der Waals surface area contributed by atoms with Crippen molar-refractivity contribution in [2.75, 3.05) is 20.3 Å². The molecule has 4 nitrogen and oxygen atoms in total. The molecular weight excluding hydrogens is 202 g/mol. The molecule has 1 N–H and O–H groups in total. The van der Waals surface area contributed by atoms with E-state index in [2.05, 4.69) is 14.9 Å². The minimum Gasteiger partial charge on any atom is -0.383 e. The van der Waals surface area contributed by atoms with Crippen molar-refractivity contribution in [2.24, 2.45) is 5.92 Å². The number of rotatable bonds is 8. The number of aromatic nitrogens is 2. The first-order valence-corrected chi connectivity index (χ1v) is 6.08. The van der Waals surface area contributed by atoms with Gasteiger partial charge in [-0.05, 0) is 31.7 Å². The molecule has 0 radical (unpaired) electrons. The summed E-state index contributed by atoms with van der Waals surface area (Å²) in [6.07, 6.45) is 9.57. The molecule has 2 rings (SSSR count). The zero-order valence-corrected chi connectivity index (χ0v) is 9.93. The van der Waals surface area contributed by atoms with E-state index in [-0.39, 0.29) is 0 Å². The predicted molar refractivity (Wildman–Crippen MR) is 63.2 cm³/mol. The molecule has 16 heavy (non-hydrogen) atoms. The second kappa shape index (κ2) is 6.01. The summed E-state index contributed by atoms with van der Waals surface area (Å²) in [6, 6.07) is 0.563. The molecule has 1 saturated carbocycles. The van der Waals surface area contributed by atoms with Gasteiger partial charge in [-0.15, -0.1) is 0 Å². The molecule has 0 aliphatic heterocycles. The topological polar surface area (TPSA) is 39.1 Å². The van der Waals surface area contributed by atoms with Crippen LogP contribution in [0, 0.1) is 5.92 Å². The van der Waals surface area contributed by atoms with Crippen molar-refractivity contribution < 1.29 is 4.74 Å². The largest absolute Gasteiger partial charge is 0.383 e. The maximum absolute atomic E-state index is 5.23. The Morgan fingerprint density at radius 1 is 1.56 bits per heavy atom. The van der Waals surface area contributed by atoms with Gasteiger partial charge in [-0.1, -0.05) is 0 Å². The van der Waals surface area contributed by atoms with E-state index in [1.807, 2.05) is 18.7 Å². The van der Waals surface area contributed by atoms with Crippen LogP contribution >= 0.6 is 0 Å². The Balaban J connectivity index is 1.59. The summed E-state index contributed by atoms with van der Waals surface area (Å²) in [5.74, 6) is 0.855. The number of nitrogens with one attached hydrogen (secondary N) is 1. The molecule has 0 saturated heterocycles. The molecule has 1 unspecified atom stereocenters. The molecule has 0 aromatic carbocycles. The summed E-state index contributed by atoms with van der Waals surface area (Å²) in [4.78, 5) is 4.03. The summed E-state index contributed by atoms with van der Waals surface area (Å²) >= 11 is 0. The Bertz CT molecular complexity index is 282. The van der Waals surface area contributed by atoms with E-state index in [0.717, 1.165) is 32.0 Å². The highest BCUT2D eigenvalue weighted by atomic mass is 16.5. The molecule has 1 fully saturated rings. The van der Waals surface area contributed by atoms with E-state index in [0.29, 0.717) is 6.04 Å². The second-order valence-corrected chi connectivity index (χ2v) is 4.51. The Kier molecular flexibility index (Phi) is 4.36. The van der Waals surface area contributed by atoms with Crippen molar-refractivity contribution >= 4 is 0 Å². The van der Waals surface area contributed by atoms with Crippen LogP contribution in [-0.2, 0) is 11.3 Å². The molecule has 1 aliphatic rings. The van der Waals surface area contributed by atoms with Crippen LogP contribution in [-0.4, -0.2) is 35.9 Å². The Morgan fingerprint density at radius 2 is 2.44 bits per heavy atom. The highest BCUT2D eigenvalue weighted by Crippen LogP contribution is 2.32. The van der Waals surface area contributed by atoms with Crippen LogP contribution < -0.4 is 5.32 Å². The molecule has 1 atom stereocenters. The number of imidazole rings is 1. The fourth-order valence-electron chi connectivity index (χ4n) is 2.01. The second-order valence-electron chi connectivity index (χ2n) is 4.51. The van der Waals surface area contributed by atoms with Crippen LogP contribution in [0.25, 0.3) is 0 Å². The van der Waals surface area contributed by atoms with Crippen molar-refractivity contribution in [2.45, 2.75) is 31.8 Å². The number of nitrogens with zero attached hydrogens (tertiary/aromatic N) is 2. The highest BCUT2D eigenvalue weighted by Gasteiger charge is 2.30. The van der Waals surface area contributed by atoms with Gasteiger partial charge in [-0.25, -0.2) is 4.98 Å². The van der Waals surface area contributed by atoms with Gasteiger partial charge in [0.2, 0.25) is 0 Å². The van der Waals surface area contributed by atoms with Crippen molar-refractivity contribution in [1.29, 1.82) is 0 Å². The molecule has 0 amide bonds. The summed E-state index contributed by atoms with van der Waals surface area (Å²) in [7, 11) is 1.78. The first kappa shape index (κ1) is 11.6. The summed E-state index contributed by atoms with van der Waals surface area (Å²) in [5, 5.41) is 3.59. The van der Waals surface area contributed by atoms with Gasteiger partial charge in [0.05, 0.1) is 12.9 Å². The molecule has 90 valence electrons. The summed E-state index contributed by atoms with van der Waals surface area (Å²) < 4.78 is 7.35. The normalized spacial score (nSPS) is 17.6. The van der Waals surface area contributed by atoms with E-state index in [9.17, 15) is 0 Å². The summed E-state index contributed by atoms with van der Waals surface area (Å²) in [5.41, 5.74) is 0. The lowest BCUT2D eigenvalue weighted by molar-refractivity contribution is 0.157. The van der Waals surface area contributed by atoms with E-state index in [1.165, 1.54) is 12.8 Å². The minimum absolute atomic E-state index is 0.563. The first-order valence-electron chi connectivity index (χ1n) is 6.08. The zero-order valence-electron chi connectivity index (χ0n) is 9.93. The minimum atomic E-state index is 0.563. The fraction of sp³-hybridized carbons (Fsp3) is 0.750. The zero-order chi connectivity index (χ0) is 11.2. The van der Waals surface area contributed by atoms with Gasteiger partial charge < -0.3 is 14.6 Å². The number of aryl methyl sites for hydroxylation is 1. The SMILES string of the molecule is COCC(NCCCn1ccnc1)C1CC1. The van der Waals surface area contributed by atoms with E-state index in [1.54, 1.807) is 7.11 Å². The molecule has 4 heteroatoms. The molecule has 1 heterocycles. The maximum Gasteiger partial charge on any atom is 0.0945 e. The van der Waals surface area contributed by atoms with E-state index in [4.69, 9.17) is 4.74 Å². The molecular formula is C12H21N3O. The van der Waals surface area contributed by atoms with E-state index < -0.39 is 0 Å². The van der Waals surface area contributed by atoms with Gasteiger partial charge >= 0.3 is 0 Å². The average molecular weight is 223 g/mol. The van der Waals surface area contributed by atoms with Crippen LogP contribution in [0.3, 0.4) is 0 Å². The molecule has 0 spiro atoms. The predicted octanol–water partition coefficient (Wildman–Crippen LogP) is 1.29. The lowest BCUT2D eigenvalue weighted by Crippen LogP contribution is -2.36. The van der Waals surface area contributed by atoms with Crippen molar-refractivity contribution in [3.05, 3.63) is 18.7 Å². The first-order chi connectivity index (χ1) is 7.90. The van der Waals surface area contributed by atoms with E-state index >= 15 is 0 Å². The standard InChI is InChI=1S/C12H21N3O/c1-16-9-12(11-3-4-11)14-5-2-7-15-8-6-13-10-15/h6,8,10-12,14H,2-5,7,9H2,1H3. The average Bonchev–Trinajstić information content (AvgIpc) is 3.01. The Morgan fingerprint density at radius 3 is 3.06 bits per heavy atom. The Labute approximate surface area is 97.0 Å². The van der Waals surface area contributed by atoms with Crippen LogP contribution in [0.4, 0.5) is 0 Å². The van der Waals surface area contributed by atoms with Gasteiger partial charge in [0.1, 0.15) is 0 Å². The monoisotopic (exact) mass is 223 g/mol. The van der Waals surface area contributed by atoms with Crippen molar-refractivity contribution in [3.63, 3.8) is 0 Å². The van der Waals surface area contributed by atoms with Crippen molar-refractivity contribution in [3.8, 4) is 0 Å². The number of hydrogen-bond donors (Lipinski definition) is 1. The number of methoxy groups -OCH3 is 1. The third-order valence-electron chi connectivity index (χ3n) is 3.10. The number of ether oxygens (including phenoxy) is 1. The van der Waals surface area contributed by atoms with Crippen LogP contribution in [0.1, 0.15) is 19.3 Å². The highest BCUT2D eigenvalue weighted by molar-refractivity contribution is 4.86. The smallest absolute Gasteiger partial charge is 0.0945 e. The quantitative estimate of drug-likeness (QED) is 0.675. The van der Waals surface area contributed by atoms with Crippen molar-refractivity contribution in [1.82, 2.24) is 14.9 Å². The lowest BCUT2D eigenvalue weighted by Gasteiger charge is -2.17. The number of hydrogen-bond acceptors (Lipinski definition) is 3. The molecule has 1 aromatic heterocycles. The maximum atomic E-state index is 5.23. The molecule has 1 aliphatic carbocycles. The van der Waals surface area contributed by atoms with Gasteiger partial charge in [0.25, 0.3) is 0 Å². The third kappa shape index (κ3) is 3.61. The third-order valence-corrected chi connectivity index (χ3v) is 3.10. The molecule has 1 aromatic rings. The van der Waals surface area contributed by atoms with Crippen LogP contribution in [0.5, 0.6) is 0 Å². The van der Waals surface area contributed by atoms with Gasteiger partial charge in [0.15, 0.2) is 0 Å². The summed E-state index contributed by atoms with van der Waals surface area (Å²) in [6.45, 7) is 2.94. The fourth-order valence-corrected chi connectivity index (χ4v) is 2.01. The molecule has 0 bridgehead atoms. The lowest BCUT2D eigenvalue weighted by atomic mass is 10.2.